The van der Waals surface area contributed by atoms with Gasteiger partial charge in [-0.25, -0.2) is 4.98 Å². The Bertz CT molecular complexity index is 1410. The Labute approximate surface area is 136 Å². The second kappa shape index (κ2) is 4.11. The van der Waals surface area contributed by atoms with Crippen LogP contribution in [0.2, 0.25) is 0 Å². The lowest BCUT2D eigenvalue weighted by molar-refractivity contribution is 0.671. The van der Waals surface area contributed by atoms with Crippen molar-refractivity contribution in [1.29, 1.82) is 0 Å². The molecule has 0 aliphatic heterocycles. The smallest absolute Gasteiger partial charge is 0.160 e. The number of nitrogens with zero attached hydrogens (tertiary/aromatic N) is 3. The van der Waals surface area contributed by atoms with E-state index in [1.54, 1.807) is 0 Å². The van der Waals surface area contributed by atoms with Crippen molar-refractivity contribution in [3.63, 3.8) is 0 Å². The van der Waals surface area contributed by atoms with Gasteiger partial charge in [0.15, 0.2) is 5.58 Å². The summed E-state index contributed by atoms with van der Waals surface area (Å²) in [6.45, 7) is 0. The summed E-state index contributed by atoms with van der Waals surface area (Å²) in [5, 5.41) is 4.36. The van der Waals surface area contributed by atoms with Crippen LogP contribution in [0.5, 0.6) is 0 Å². The predicted molar refractivity (Wildman–Crippen MR) is 95.3 cm³/mol. The standard InChI is InChI=1S/C20H11N3O/c1-2-6-16-12(4-1)13-7-8-14-17-15(5-3-9-21-17)20-22-10-11-23(20)18(14)19(13)24-16/h1-11H. The summed E-state index contributed by atoms with van der Waals surface area (Å²) in [5.41, 5.74) is 4.65. The summed E-state index contributed by atoms with van der Waals surface area (Å²) in [4.78, 5) is 9.14. The Morgan fingerprint density at radius 2 is 1.62 bits per heavy atom. The predicted octanol–water partition coefficient (Wildman–Crippen LogP) is 4.94. The van der Waals surface area contributed by atoms with Gasteiger partial charge in [0.05, 0.1) is 5.52 Å². The maximum atomic E-state index is 6.22. The molecule has 0 saturated heterocycles. The van der Waals surface area contributed by atoms with Gasteiger partial charge in [-0.05, 0) is 30.3 Å². The third-order valence-corrected chi connectivity index (χ3v) is 4.71. The molecule has 0 atom stereocenters. The number of hydrogen-bond donors (Lipinski definition) is 0. The molecule has 4 nitrogen and oxygen atoms in total. The van der Waals surface area contributed by atoms with Gasteiger partial charge in [-0.3, -0.25) is 9.38 Å². The van der Waals surface area contributed by atoms with Gasteiger partial charge in [0.25, 0.3) is 0 Å². The minimum Gasteiger partial charge on any atom is -0.454 e. The first-order valence-corrected chi connectivity index (χ1v) is 7.85. The molecule has 0 unspecified atom stereocenters. The van der Waals surface area contributed by atoms with E-state index in [0.717, 1.165) is 49.4 Å². The largest absolute Gasteiger partial charge is 0.454 e. The summed E-state index contributed by atoms with van der Waals surface area (Å²) in [7, 11) is 0. The van der Waals surface area contributed by atoms with Gasteiger partial charge in [0.2, 0.25) is 0 Å². The van der Waals surface area contributed by atoms with Crippen LogP contribution in [0.1, 0.15) is 0 Å². The molecule has 6 rings (SSSR count). The highest BCUT2D eigenvalue weighted by molar-refractivity contribution is 6.20. The third kappa shape index (κ3) is 1.34. The molecule has 4 heterocycles. The molecule has 4 heteroatoms. The molecule has 112 valence electrons. The Kier molecular flexibility index (Phi) is 2.07. The van der Waals surface area contributed by atoms with Crippen LogP contribution in [0.25, 0.3) is 49.4 Å². The van der Waals surface area contributed by atoms with E-state index in [-0.39, 0.29) is 0 Å². The van der Waals surface area contributed by atoms with Crippen LogP contribution in [0.15, 0.2) is 71.5 Å². The quantitative estimate of drug-likeness (QED) is 0.373. The molecule has 0 fully saturated rings. The van der Waals surface area contributed by atoms with Crippen molar-refractivity contribution in [2.45, 2.75) is 0 Å². The molecule has 0 spiro atoms. The van der Waals surface area contributed by atoms with E-state index < -0.39 is 0 Å². The first-order valence-electron chi connectivity index (χ1n) is 7.85. The van der Waals surface area contributed by atoms with Gasteiger partial charge in [0, 0.05) is 40.1 Å². The first kappa shape index (κ1) is 12.1. The molecule has 2 aromatic carbocycles. The molecule has 4 aromatic heterocycles. The number of imidazole rings is 1. The summed E-state index contributed by atoms with van der Waals surface area (Å²) in [6.07, 6.45) is 5.63. The zero-order valence-corrected chi connectivity index (χ0v) is 12.6. The van der Waals surface area contributed by atoms with Gasteiger partial charge in [0.1, 0.15) is 16.7 Å². The van der Waals surface area contributed by atoms with Gasteiger partial charge < -0.3 is 4.42 Å². The van der Waals surface area contributed by atoms with Crippen LogP contribution < -0.4 is 0 Å². The molecule has 0 amide bonds. The monoisotopic (exact) mass is 309 g/mol. The molecule has 6 aromatic rings. The van der Waals surface area contributed by atoms with E-state index >= 15 is 0 Å². The fraction of sp³-hybridized carbons (Fsp3) is 0. The summed E-state index contributed by atoms with van der Waals surface area (Å²) in [5.74, 6) is 0. The van der Waals surface area contributed by atoms with Crippen molar-refractivity contribution < 1.29 is 4.42 Å². The minimum atomic E-state index is 0.879. The normalized spacial score (nSPS) is 12.2. The van der Waals surface area contributed by atoms with Crippen LogP contribution in [0, 0.1) is 0 Å². The highest BCUT2D eigenvalue weighted by Crippen LogP contribution is 2.36. The number of hydrogen-bond acceptors (Lipinski definition) is 3. The number of para-hydroxylation sites is 1. The zero-order chi connectivity index (χ0) is 15.7. The van der Waals surface area contributed by atoms with E-state index in [1.165, 1.54) is 0 Å². The van der Waals surface area contributed by atoms with Gasteiger partial charge in [-0.15, -0.1) is 0 Å². The second-order valence-corrected chi connectivity index (χ2v) is 5.96. The Balaban J connectivity index is 2.02. The molecular formula is C20H11N3O. The van der Waals surface area contributed by atoms with Crippen LogP contribution in [-0.4, -0.2) is 14.4 Å². The molecule has 0 aliphatic carbocycles. The lowest BCUT2D eigenvalue weighted by Gasteiger charge is -2.07. The zero-order valence-electron chi connectivity index (χ0n) is 12.6. The SMILES string of the molecule is c1ccc2c(c1)oc1c2ccc2c3ncccc3c3nccn3c21. The first-order chi connectivity index (χ1) is 11.9. The summed E-state index contributed by atoms with van der Waals surface area (Å²) in [6, 6.07) is 16.4. The number of benzene rings is 2. The van der Waals surface area contributed by atoms with E-state index in [9.17, 15) is 0 Å². The fourth-order valence-corrected chi connectivity index (χ4v) is 3.69. The molecule has 24 heavy (non-hydrogen) atoms. The molecular weight excluding hydrogens is 298 g/mol. The number of aromatic nitrogens is 3. The Morgan fingerprint density at radius 3 is 2.62 bits per heavy atom. The molecule has 0 aliphatic rings. The van der Waals surface area contributed by atoms with E-state index in [2.05, 4.69) is 38.6 Å². The average Bonchev–Trinajstić information content (AvgIpc) is 3.26. The van der Waals surface area contributed by atoms with Crippen molar-refractivity contribution in [2.24, 2.45) is 0 Å². The van der Waals surface area contributed by atoms with E-state index in [1.807, 2.05) is 42.9 Å². The van der Waals surface area contributed by atoms with Crippen LogP contribution in [-0.2, 0) is 0 Å². The maximum Gasteiger partial charge on any atom is 0.160 e. The van der Waals surface area contributed by atoms with Crippen LogP contribution >= 0.6 is 0 Å². The highest BCUT2D eigenvalue weighted by Gasteiger charge is 2.16. The number of rotatable bonds is 0. The van der Waals surface area contributed by atoms with E-state index in [4.69, 9.17) is 4.42 Å². The topological polar surface area (TPSA) is 43.3 Å². The number of furan rings is 1. The maximum absolute atomic E-state index is 6.22. The van der Waals surface area contributed by atoms with Gasteiger partial charge in [-0.2, -0.15) is 0 Å². The van der Waals surface area contributed by atoms with Gasteiger partial charge >= 0.3 is 0 Å². The number of pyridine rings is 2. The lowest BCUT2D eigenvalue weighted by atomic mass is 10.1. The summed E-state index contributed by atoms with van der Waals surface area (Å²) < 4.78 is 8.32. The second-order valence-electron chi connectivity index (χ2n) is 5.96. The van der Waals surface area contributed by atoms with Crippen molar-refractivity contribution >= 4 is 49.4 Å². The molecule has 0 N–H and O–H groups in total. The van der Waals surface area contributed by atoms with Crippen molar-refractivity contribution in [3.05, 3.63) is 67.1 Å². The van der Waals surface area contributed by atoms with Crippen molar-refractivity contribution in [1.82, 2.24) is 14.4 Å². The van der Waals surface area contributed by atoms with Crippen LogP contribution in [0.4, 0.5) is 0 Å². The van der Waals surface area contributed by atoms with Crippen LogP contribution in [0.3, 0.4) is 0 Å². The average molecular weight is 309 g/mol. The molecule has 0 radical (unpaired) electrons. The third-order valence-electron chi connectivity index (χ3n) is 4.71. The highest BCUT2D eigenvalue weighted by atomic mass is 16.3. The lowest BCUT2D eigenvalue weighted by Crippen LogP contribution is -1.92. The van der Waals surface area contributed by atoms with E-state index in [0.29, 0.717) is 0 Å². The van der Waals surface area contributed by atoms with Crippen molar-refractivity contribution in [2.75, 3.05) is 0 Å². The van der Waals surface area contributed by atoms with Crippen molar-refractivity contribution in [3.8, 4) is 0 Å². The fourth-order valence-electron chi connectivity index (χ4n) is 3.69. The Morgan fingerprint density at radius 1 is 0.750 bits per heavy atom. The molecule has 0 saturated carbocycles. The minimum absolute atomic E-state index is 0.879. The summed E-state index contributed by atoms with van der Waals surface area (Å²) >= 11 is 0. The molecule has 0 bridgehead atoms. The number of fused-ring (bicyclic) bond motifs is 10. The Hall–Kier alpha value is -3.40. The van der Waals surface area contributed by atoms with Gasteiger partial charge in [-0.1, -0.05) is 18.2 Å².